The number of aliphatic carboxylic acids is 1. The van der Waals surface area contributed by atoms with Crippen LogP contribution in [-0.2, 0) is 16.0 Å². The molecule has 4 heteroatoms. The van der Waals surface area contributed by atoms with Gasteiger partial charge in [-0.2, -0.15) is 0 Å². The van der Waals surface area contributed by atoms with Crippen LogP contribution in [0.2, 0.25) is 0 Å². The highest BCUT2D eigenvalue weighted by atomic mass is 16.5. The first-order chi connectivity index (χ1) is 7.85. The largest absolute Gasteiger partial charge is 0.479 e. The minimum absolute atomic E-state index is 0.257. The van der Waals surface area contributed by atoms with Crippen molar-refractivity contribution in [2.24, 2.45) is 0 Å². The zero-order valence-corrected chi connectivity index (χ0v) is 10.3. The van der Waals surface area contributed by atoms with Gasteiger partial charge in [0.1, 0.15) is 0 Å². The Hall–Kier alpha value is -1.39. The molecule has 0 spiro atoms. The average Bonchev–Trinajstić information content (AvgIpc) is 2.28. The molecule has 0 saturated carbocycles. The third kappa shape index (κ3) is 3.84. The van der Waals surface area contributed by atoms with Crippen molar-refractivity contribution in [3.05, 3.63) is 35.4 Å². The molecule has 1 rings (SSSR count). The maximum absolute atomic E-state index is 10.6. The molecule has 94 valence electrons. The lowest BCUT2D eigenvalue weighted by molar-refractivity contribution is -0.146. The molecule has 0 aliphatic carbocycles. The number of methoxy groups -OCH3 is 1. The van der Waals surface area contributed by atoms with Crippen molar-refractivity contribution < 1.29 is 19.7 Å². The molecule has 0 fully saturated rings. The molecule has 1 atom stereocenters. The highest BCUT2D eigenvalue weighted by molar-refractivity contribution is 5.73. The molecule has 1 unspecified atom stereocenters. The summed E-state index contributed by atoms with van der Waals surface area (Å²) >= 11 is 0. The first-order valence-corrected chi connectivity index (χ1v) is 5.40. The number of hydrogen-bond donors (Lipinski definition) is 2. The topological polar surface area (TPSA) is 66.8 Å². The van der Waals surface area contributed by atoms with Gasteiger partial charge in [0, 0.05) is 13.5 Å². The molecule has 1 aromatic carbocycles. The predicted octanol–water partition coefficient (Wildman–Crippen LogP) is 1.77. The van der Waals surface area contributed by atoms with Crippen molar-refractivity contribution in [2.45, 2.75) is 32.0 Å². The van der Waals surface area contributed by atoms with E-state index in [1.165, 1.54) is 0 Å². The van der Waals surface area contributed by atoms with Gasteiger partial charge in [0.15, 0.2) is 6.10 Å². The highest BCUT2D eigenvalue weighted by Gasteiger charge is 2.18. The van der Waals surface area contributed by atoms with E-state index in [1.54, 1.807) is 19.2 Å². The lowest BCUT2D eigenvalue weighted by atomic mass is 9.97. The molecule has 0 heterocycles. The molecule has 0 aliphatic heterocycles. The lowest BCUT2D eigenvalue weighted by Gasteiger charge is -2.23. The molecule has 0 aromatic heterocycles. The number of carbonyl (C=O) groups is 1. The van der Waals surface area contributed by atoms with Crippen molar-refractivity contribution in [1.82, 2.24) is 0 Å². The van der Waals surface area contributed by atoms with Gasteiger partial charge < -0.3 is 14.9 Å². The summed E-state index contributed by atoms with van der Waals surface area (Å²) in [6.45, 7) is 3.96. The van der Waals surface area contributed by atoms with E-state index in [0.717, 1.165) is 12.0 Å². The van der Waals surface area contributed by atoms with Gasteiger partial charge in [0.05, 0.1) is 5.60 Å². The Morgan fingerprint density at radius 2 is 1.88 bits per heavy atom. The van der Waals surface area contributed by atoms with E-state index in [0.29, 0.717) is 5.56 Å². The Labute approximate surface area is 101 Å². The molecule has 2 N–H and O–H groups in total. The summed E-state index contributed by atoms with van der Waals surface area (Å²) in [6.07, 6.45) is -0.730. The summed E-state index contributed by atoms with van der Waals surface area (Å²) in [7, 11) is 1.66. The van der Waals surface area contributed by atoms with E-state index in [1.807, 2.05) is 26.0 Å². The quantitative estimate of drug-likeness (QED) is 0.820. The summed E-state index contributed by atoms with van der Waals surface area (Å²) in [5, 5.41) is 18.0. The second-order valence-electron chi connectivity index (χ2n) is 4.62. The third-order valence-electron chi connectivity index (χ3n) is 2.71. The van der Waals surface area contributed by atoms with Gasteiger partial charge in [-0.25, -0.2) is 4.79 Å². The van der Waals surface area contributed by atoms with Crippen molar-refractivity contribution in [2.75, 3.05) is 7.11 Å². The minimum Gasteiger partial charge on any atom is -0.479 e. The number of aliphatic hydroxyl groups is 1. The van der Waals surface area contributed by atoms with Gasteiger partial charge in [-0.3, -0.25) is 0 Å². The second-order valence-corrected chi connectivity index (χ2v) is 4.62. The SMILES string of the molecule is COC(C)(C)Cc1ccc(C(O)C(=O)O)cc1. The Kier molecular flexibility index (Phi) is 4.26. The highest BCUT2D eigenvalue weighted by Crippen LogP contribution is 2.19. The molecule has 17 heavy (non-hydrogen) atoms. The number of hydrogen-bond acceptors (Lipinski definition) is 3. The van der Waals surface area contributed by atoms with E-state index in [2.05, 4.69) is 0 Å². The van der Waals surface area contributed by atoms with E-state index in [-0.39, 0.29) is 5.60 Å². The van der Waals surface area contributed by atoms with Gasteiger partial charge >= 0.3 is 5.97 Å². The molecule has 1 aromatic rings. The summed E-state index contributed by atoms with van der Waals surface area (Å²) in [4.78, 5) is 10.6. The van der Waals surface area contributed by atoms with Crippen LogP contribution in [-0.4, -0.2) is 28.9 Å². The molecular weight excluding hydrogens is 220 g/mol. The lowest BCUT2D eigenvalue weighted by Crippen LogP contribution is -2.25. The van der Waals surface area contributed by atoms with Crippen LogP contribution in [0.3, 0.4) is 0 Å². The molecule has 0 amide bonds. The second kappa shape index (κ2) is 5.29. The summed E-state index contributed by atoms with van der Waals surface area (Å²) in [5.74, 6) is -1.24. The average molecular weight is 238 g/mol. The van der Waals surface area contributed by atoms with Crippen LogP contribution in [0, 0.1) is 0 Å². The maximum atomic E-state index is 10.6. The van der Waals surface area contributed by atoms with E-state index >= 15 is 0 Å². The van der Waals surface area contributed by atoms with E-state index in [4.69, 9.17) is 9.84 Å². The van der Waals surface area contributed by atoms with Crippen LogP contribution in [0.25, 0.3) is 0 Å². The smallest absolute Gasteiger partial charge is 0.337 e. The fraction of sp³-hybridized carbons (Fsp3) is 0.462. The van der Waals surface area contributed by atoms with Crippen LogP contribution in [0.1, 0.15) is 31.1 Å². The monoisotopic (exact) mass is 238 g/mol. The third-order valence-corrected chi connectivity index (χ3v) is 2.71. The number of ether oxygens (including phenoxy) is 1. The standard InChI is InChI=1S/C13H18O4/c1-13(2,17-3)8-9-4-6-10(7-5-9)11(14)12(15)16/h4-7,11,14H,8H2,1-3H3,(H,15,16). The molecule has 0 radical (unpaired) electrons. The molecule has 0 saturated heterocycles. The van der Waals surface area contributed by atoms with Crippen LogP contribution in [0.15, 0.2) is 24.3 Å². The molecule has 0 bridgehead atoms. The summed E-state index contributed by atoms with van der Waals surface area (Å²) < 4.78 is 5.31. The fourth-order valence-corrected chi connectivity index (χ4v) is 1.52. The van der Waals surface area contributed by atoms with Gasteiger partial charge in [0.25, 0.3) is 0 Å². The summed E-state index contributed by atoms with van der Waals surface area (Å²) in [6, 6.07) is 6.87. The minimum atomic E-state index is -1.46. The Morgan fingerprint density at radius 1 is 1.35 bits per heavy atom. The van der Waals surface area contributed by atoms with E-state index < -0.39 is 12.1 Å². The number of carboxylic acid groups (broad SMARTS) is 1. The molecule has 0 aliphatic rings. The van der Waals surface area contributed by atoms with Gasteiger partial charge in [0.2, 0.25) is 0 Å². The van der Waals surface area contributed by atoms with Gasteiger partial charge in [-0.05, 0) is 25.0 Å². The zero-order chi connectivity index (χ0) is 13.1. The van der Waals surface area contributed by atoms with Crippen LogP contribution < -0.4 is 0 Å². The normalized spacial score (nSPS) is 13.4. The van der Waals surface area contributed by atoms with E-state index in [9.17, 15) is 9.90 Å². The van der Waals surface area contributed by atoms with Crippen molar-refractivity contribution >= 4 is 5.97 Å². The number of carboxylic acids is 1. The number of benzene rings is 1. The van der Waals surface area contributed by atoms with Crippen molar-refractivity contribution in [1.29, 1.82) is 0 Å². The Morgan fingerprint density at radius 3 is 2.29 bits per heavy atom. The van der Waals surface area contributed by atoms with Gasteiger partial charge in [-0.15, -0.1) is 0 Å². The Bertz CT molecular complexity index is 381. The van der Waals surface area contributed by atoms with Gasteiger partial charge in [-0.1, -0.05) is 24.3 Å². The van der Waals surface area contributed by atoms with Crippen LogP contribution >= 0.6 is 0 Å². The number of rotatable bonds is 5. The van der Waals surface area contributed by atoms with Crippen LogP contribution in [0.5, 0.6) is 0 Å². The predicted molar refractivity (Wildman–Crippen MR) is 63.8 cm³/mol. The maximum Gasteiger partial charge on any atom is 0.337 e. The van der Waals surface area contributed by atoms with Crippen molar-refractivity contribution in [3.8, 4) is 0 Å². The first-order valence-electron chi connectivity index (χ1n) is 5.40. The molecule has 4 nitrogen and oxygen atoms in total. The fourth-order valence-electron chi connectivity index (χ4n) is 1.52. The first kappa shape index (κ1) is 13.7. The molecular formula is C13H18O4. The number of aliphatic hydroxyl groups excluding tert-OH is 1. The summed E-state index contributed by atoms with van der Waals surface area (Å²) in [5.41, 5.74) is 1.17. The Balaban J connectivity index is 2.78. The van der Waals surface area contributed by atoms with Crippen LogP contribution in [0.4, 0.5) is 0 Å². The van der Waals surface area contributed by atoms with Crippen molar-refractivity contribution in [3.63, 3.8) is 0 Å². The zero-order valence-electron chi connectivity index (χ0n) is 10.3.